The van der Waals surface area contributed by atoms with Crippen LogP contribution in [0.5, 0.6) is 0 Å². The molecule has 0 heterocycles. The molecule has 0 aromatic rings. The van der Waals surface area contributed by atoms with Crippen molar-refractivity contribution in [1.29, 1.82) is 0 Å². The maximum atomic E-state index is 14.1. The zero-order valence-electron chi connectivity index (χ0n) is 27.0. The van der Waals surface area contributed by atoms with Gasteiger partial charge in [0.1, 0.15) is 0 Å². The lowest BCUT2D eigenvalue weighted by atomic mass is 9.83. The molecule has 0 spiro atoms. The first kappa shape index (κ1) is 53.5. The number of hydrogen-bond acceptors (Lipinski definition) is 3. The topological polar surface area (TPSA) is 69.6 Å². The van der Waals surface area contributed by atoms with Crippen LogP contribution in [0.4, 0.5) is 119 Å². The summed E-state index contributed by atoms with van der Waals surface area (Å²) in [6.45, 7) is -1.85. The molecule has 56 heavy (non-hydrogen) atoms. The molecule has 0 rings (SSSR count). The van der Waals surface area contributed by atoms with Crippen molar-refractivity contribution < 1.29 is 138 Å². The Hall–Kier alpha value is -2.54. The molecular formula is C24H24F27N2O3+. The van der Waals surface area contributed by atoms with Crippen LogP contribution in [0.25, 0.3) is 0 Å². The molecule has 336 valence electrons. The summed E-state index contributed by atoms with van der Waals surface area (Å²) < 4.78 is 368. The number of nitrogens with zero attached hydrogens (tertiary/aromatic N) is 1. The summed E-state index contributed by atoms with van der Waals surface area (Å²) in [5, 5.41) is 20.1. The van der Waals surface area contributed by atoms with Crippen LogP contribution in [0.3, 0.4) is 0 Å². The fourth-order valence-electron chi connectivity index (χ4n) is 4.09. The maximum absolute atomic E-state index is 14.1. The predicted molar refractivity (Wildman–Crippen MR) is 128 cm³/mol. The van der Waals surface area contributed by atoms with E-state index in [4.69, 9.17) is 5.11 Å². The fraction of sp³-hybridized carbons (Fsp3) is 0.958. The van der Waals surface area contributed by atoms with Crippen molar-refractivity contribution in [2.75, 3.05) is 40.3 Å². The number of aliphatic hydroxyl groups is 1. The highest BCUT2D eigenvalue weighted by molar-refractivity contribution is 5.66. The van der Waals surface area contributed by atoms with Crippen LogP contribution < -0.4 is 5.32 Å². The summed E-state index contributed by atoms with van der Waals surface area (Å²) in [7, 11) is 2.90. The Kier molecular flexibility index (Phi) is 14.6. The first-order chi connectivity index (χ1) is 24.0. The van der Waals surface area contributed by atoms with Crippen LogP contribution >= 0.6 is 0 Å². The van der Waals surface area contributed by atoms with Gasteiger partial charge in [0.2, 0.25) is 0 Å². The van der Waals surface area contributed by atoms with Crippen LogP contribution in [0.2, 0.25) is 0 Å². The van der Waals surface area contributed by atoms with E-state index in [-0.39, 0.29) is 30.4 Å². The van der Waals surface area contributed by atoms with Gasteiger partial charge in [0.05, 0.1) is 39.7 Å². The SMILES string of the molecule is C[N+](C)(CCCNCC(O)CC(F)(F)C(F)(F)C(F)(F)C(F)(F)C(F)(F)C(F)(F)C(F)(F)C(F)(F)C(F)(F)C(F)(F)C(F)(F)C(F)(F)C(F)(F)F)CCC(=O)O. The average molecular weight is 901 g/mol. The molecular weight excluding hydrogens is 877 g/mol. The van der Waals surface area contributed by atoms with Gasteiger partial charge >= 0.3 is 83.2 Å². The first-order valence-corrected chi connectivity index (χ1v) is 14.0. The zero-order valence-corrected chi connectivity index (χ0v) is 27.0. The number of carbonyl (C=O) groups is 1. The predicted octanol–water partition coefficient (Wildman–Crippen LogP) is 8.45. The fourth-order valence-corrected chi connectivity index (χ4v) is 4.09. The van der Waals surface area contributed by atoms with Crippen molar-refractivity contribution in [3.8, 4) is 0 Å². The van der Waals surface area contributed by atoms with Crippen LogP contribution in [-0.2, 0) is 4.79 Å². The van der Waals surface area contributed by atoms with E-state index in [2.05, 4.69) is 0 Å². The van der Waals surface area contributed by atoms with Gasteiger partial charge < -0.3 is 20.0 Å². The molecule has 0 aliphatic heterocycles. The lowest BCUT2D eigenvalue weighted by Gasteiger charge is -2.46. The molecule has 0 radical (unpaired) electrons. The first-order valence-electron chi connectivity index (χ1n) is 14.0. The largest absolute Gasteiger partial charge is 0.481 e. The Morgan fingerprint density at radius 2 is 0.786 bits per heavy atom. The van der Waals surface area contributed by atoms with E-state index in [1.54, 1.807) is 0 Å². The summed E-state index contributed by atoms with van der Waals surface area (Å²) in [4.78, 5) is 10.6. The second kappa shape index (κ2) is 15.2. The van der Waals surface area contributed by atoms with Gasteiger partial charge in [-0.05, 0) is 0 Å². The number of carboxylic acid groups (broad SMARTS) is 1. The molecule has 0 saturated heterocycles. The van der Waals surface area contributed by atoms with E-state index in [1.807, 2.05) is 5.32 Å². The quantitative estimate of drug-likeness (QED) is 0.0580. The molecule has 5 nitrogen and oxygen atoms in total. The Morgan fingerprint density at radius 1 is 0.500 bits per heavy atom. The molecule has 0 fully saturated rings. The lowest BCUT2D eigenvalue weighted by Crippen LogP contribution is -2.78. The van der Waals surface area contributed by atoms with Crippen LogP contribution in [0.15, 0.2) is 0 Å². The zero-order chi connectivity index (χ0) is 45.8. The number of aliphatic carboxylic acids is 1. The van der Waals surface area contributed by atoms with Crippen molar-refractivity contribution >= 4 is 5.97 Å². The second-order valence-electron chi connectivity index (χ2n) is 12.5. The van der Waals surface area contributed by atoms with Crippen molar-refractivity contribution in [2.24, 2.45) is 0 Å². The number of rotatable bonds is 22. The summed E-state index contributed by atoms with van der Waals surface area (Å²) in [5.41, 5.74) is 0. The summed E-state index contributed by atoms with van der Waals surface area (Å²) in [5.74, 6) is -111. The number of hydrogen-bond donors (Lipinski definition) is 3. The molecule has 1 atom stereocenters. The Morgan fingerprint density at radius 3 is 1.07 bits per heavy atom. The van der Waals surface area contributed by atoms with E-state index >= 15 is 0 Å². The van der Waals surface area contributed by atoms with E-state index in [0.717, 1.165) is 0 Å². The van der Waals surface area contributed by atoms with Crippen molar-refractivity contribution in [1.82, 2.24) is 5.32 Å². The lowest BCUT2D eigenvalue weighted by molar-refractivity contribution is -0.889. The summed E-state index contributed by atoms with van der Waals surface area (Å²) >= 11 is 0. The number of alkyl halides is 27. The highest BCUT2D eigenvalue weighted by atomic mass is 19.4. The molecule has 0 aromatic heterocycles. The van der Waals surface area contributed by atoms with Crippen LogP contribution in [0.1, 0.15) is 19.3 Å². The number of carboxylic acids is 1. The molecule has 0 aromatic carbocycles. The Balaban J connectivity index is 6.69. The number of halogens is 27. The third-order valence-electron chi connectivity index (χ3n) is 7.68. The van der Waals surface area contributed by atoms with Gasteiger partial charge in [-0.1, -0.05) is 0 Å². The third-order valence-corrected chi connectivity index (χ3v) is 7.68. The standard InChI is InChI=1S/C24H23F27N2O3/c1-53(2,7-4-11(55)56)6-3-5-52-9-10(54)8-12(25,26)13(27,28)14(29,30)15(31,32)16(33,34)17(35,36)18(37,38)19(39,40)20(41,42)21(43,44)22(45,46)23(47,48)24(49,50)51/h10,52,54H,3-9H2,1-2H3/p+1. The molecule has 3 N–H and O–H groups in total. The number of aliphatic hydroxyl groups excluding tert-OH is 1. The smallest absolute Gasteiger partial charge is 0.460 e. The van der Waals surface area contributed by atoms with Gasteiger partial charge in [-0.3, -0.25) is 4.79 Å². The Labute approximate surface area is 293 Å². The van der Waals surface area contributed by atoms with Gasteiger partial charge in [-0.2, -0.15) is 119 Å². The molecule has 32 heteroatoms. The third kappa shape index (κ3) is 8.32. The van der Waals surface area contributed by atoms with Gasteiger partial charge in [0.15, 0.2) is 0 Å². The van der Waals surface area contributed by atoms with Gasteiger partial charge in [-0.15, -0.1) is 0 Å². The van der Waals surface area contributed by atoms with Crippen molar-refractivity contribution in [3.05, 3.63) is 0 Å². The molecule has 0 aliphatic carbocycles. The number of nitrogens with one attached hydrogen (secondary N) is 1. The maximum Gasteiger partial charge on any atom is 0.460 e. The minimum Gasteiger partial charge on any atom is -0.481 e. The second-order valence-corrected chi connectivity index (χ2v) is 12.5. The van der Waals surface area contributed by atoms with Gasteiger partial charge in [0, 0.05) is 25.9 Å². The molecule has 0 amide bonds. The van der Waals surface area contributed by atoms with E-state index < -0.39 is 109 Å². The minimum atomic E-state index is -9.83. The summed E-state index contributed by atoms with van der Waals surface area (Å²) in [6, 6.07) is 0. The van der Waals surface area contributed by atoms with Crippen LogP contribution in [0, 0.1) is 0 Å². The average Bonchev–Trinajstić information content (AvgIpc) is 2.97. The van der Waals surface area contributed by atoms with Gasteiger partial charge in [0.25, 0.3) is 0 Å². The molecule has 0 saturated carbocycles. The van der Waals surface area contributed by atoms with Crippen molar-refractivity contribution in [2.45, 2.75) is 103 Å². The summed E-state index contributed by atoms with van der Waals surface area (Å²) in [6.07, 6.45) is -15.2. The normalized spacial score (nSPS) is 16.7. The highest BCUT2D eigenvalue weighted by Gasteiger charge is 3.00. The van der Waals surface area contributed by atoms with Crippen molar-refractivity contribution in [3.63, 3.8) is 0 Å². The van der Waals surface area contributed by atoms with E-state index in [1.165, 1.54) is 14.1 Å². The van der Waals surface area contributed by atoms with Gasteiger partial charge in [-0.25, -0.2) is 0 Å². The Bertz CT molecular complexity index is 1360. The highest BCUT2D eigenvalue weighted by Crippen LogP contribution is 2.68. The minimum absolute atomic E-state index is 0.0165. The van der Waals surface area contributed by atoms with Crippen LogP contribution in [-0.4, -0.2) is 144 Å². The molecule has 0 aliphatic rings. The van der Waals surface area contributed by atoms with E-state index in [9.17, 15) is 128 Å². The van der Waals surface area contributed by atoms with E-state index in [0.29, 0.717) is 0 Å². The molecule has 1 unspecified atom stereocenters. The number of quaternary nitrogens is 1. The monoisotopic (exact) mass is 901 g/mol. The molecule has 0 bridgehead atoms.